The molecule has 1 aromatic heterocycles. The van der Waals surface area contributed by atoms with E-state index in [9.17, 15) is 42.3 Å². The zero-order valence-corrected chi connectivity index (χ0v) is 34.3. The molecule has 1 aliphatic carbocycles. The van der Waals surface area contributed by atoms with E-state index >= 15 is 0 Å². The van der Waals surface area contributed by atoms with Crippen LogP contribution < -0.4 is 16.4 Å². The lowest BCUT2D eigenvalue weighted by Gasteiger charge is -2.39. The van der Waals surface area contributed by atoms with Gasteiger partial charge in [0.05, 0.1) is 17.0 Å². The van der Waals surface area contributed by atoms with E-state index in [0.717, 1.165) is 69.6 Å². The molecule has 6 rings (SSSR count). The summed E-state index contributed by atoms with van der Waals surface area (Å²) in [6.45, 7) is 3.87. The number of carbonyl (C=O) groups is 7. The van der Waals surface area contributed by atoms with Crippen molar-refractivity contribution in [3.63, 3.8) is 0 Å². The van der Waals surface area contributed by atoms with Crippen molar-refractivity contribution in [3.8, 4) is 0 Å². The number of nitrogens with one attached hydrogen (secondary N) is 2. The van der Waals surface area contributed by atoms with Crippen LogP contribution >= 0.6 is 11.3 Å². The van der Waals surface area contributed by atoms with Crippen molar-refractivity contribution < 1.29 is 42.3 Å². The molecule has 4 N–H and O–H groups in total. The topological polar surface area (TPSA) is 179 Å². The average Bonchev–Trinajstić information content (AvgIpc) is 3.82. The average molecular weight is 827 g/mol. The van der Waals surface area contributed by atoms with Gasteiger partial charge in [0.2, 0.25) is 29.5 Å². The van der Waals surface area contributed by atoms with Crippen LogP contribution in [0, 0.1) is 11.8 Å². The molecule has 3 aliphatic heterocycles. The van der Waals surface area contributed by atoms with E-state index in [1.807, 2.05) is 4.90 Å². The Hall–Kier alpha value is -4.47. The van der Waals surface area contributed by atoms with Crippen LogP contribution in [0.1, 0.15) is 119 Å². The number of nitrogens with zero attached hydrogens (tertiary/aromatic N) is 3. The first kappa shape index (κ1) is 43.1. The number of alkyl halides is 2. The first-order chi connectivity index (χ1) is 27.6. The Bertz CT molecular complexity index is 1890. The van der Waals surface area contributed by atoms with Gasteiger partial charge >= 0.3 is 0 Å². The molecule has 0 spiro atoms. The zero-order chi connectivity index (χ0) is 41.7. The maximum atomic E-state index is 14.4. The summed E-state index contributed by atoms with van der Waals surface area (Å²) >= 11 is 1.09. The van der Waals surface area contributed by atoms with Crippen LogP contribution in [-0.2, 0) is 34.7 Å². The molecule has 4 fully saturated rings. The molecule has 16 heteroatoms. The van der Waals surface area contributed by atoms with Crippen molar-refractivity contribution in [1.29, 1.82) is 0 Å². The lowest BCUT2D eigenvalue weighted by molar-refractivity contribution is -0.146. The monoisotopic (exact) mass is 826 g/mol. The van der Waals surface area contributed by atoms with Crippen LogP contribution in [0.2, 0.25) is 0 Å². The second kappa shape index (κ2) is 18.6. The van der Waals surface area contributed by atoms with Crippen LogP contribution in [0.4, 0.5) is 8.78 Å². The number of nitrogens with two attached hydrogens (primary N) is 1. The Morgan fingerprint density at radius 1 is 0.914 bits per heavy atom. The number of ketones is 1. The number of amides is 6. The predicted octanol–water partition coefficient (Wildman–Crippen LogP) is 4.64. The van der Waals surface area contributed by atoms with Gasteiger partial charge in [-0.1, -0.05) is 25.3 Å². The van der Waals surface area contributed by atoms with E-state index in [2.05, 4.69) is 10.6 Å². The zero-order valence-electron chi connectivity index (χ0n) is 33.4. The first-order valence-corrected chi connectivity index (χ1v) is 21.6. The van der Waals surface area contributed by atoms with Crippen molar-refractivity contribution in [2.75, 3.05) is 26.2 Å². The highest BCUT2D eigenvalue weighted by atomic mass is 32.1. The van der Waals surface area contributed by atoms with Crippen LogP contribution in [0.3, 0.4) is 0 Å². The molecule has 0 bridgehead atoms. The van der Waals surface area contributed by atoms with Gasteiger partial charge in [0.15, 0.2) is 5.78 Å². The molecule has 1 saturated carbocycles. The maximum absolute atomic E-state index is 14.4. The van der Waals surface area contributed by atoms with Crippen molar-refractivity contribution in [2.45, 2.75) is 134 Å². The molecular weight excluding hydrogens is 771 g/mol. The molecule has 316 valence electrons. The molecule has 58 heavy (non-hydrogen) atoms. The van der Waals surface area contributed by atoms with Crippen LogP contribution in [-0.4, -0.2) is 106 Å². The lowest BCUT2D eigenvalue weighted by Crippen LogP contribution is -2.61. The summed E-state index contributed by atoms with van der Waals surface area (Å²) in [7, 11) is 0. The van der Waals surface area contributed by atoms with Crippen molar-refractivity contribution in [1.82, 2.24) is 25.3 Å². The number of primary amides is 1. The smallest absolute Gasteiger partial charge is 0.270 e. The first-order valence-electron chi connectivity index (χ1n) is 20.8. The van der Waals surface area contributed by atoms with Crippen molar-refractivity contribution in [2.24, 2.45) is 17.6 Å². The fourth-order valence-corrected chi connectivity index (χ4v) is 10.2. The number of halogens is 2. The SMILES string of the molecule is CC(=O)N1CC[C@H](NC(=O)c2cc3cc(C(C)(F)F)ccc3s2)C(=O)N2[C@H](CC[C@H]2C(=O)N[C@@H](CCC(N)=O)C(=O)C[C@H](C(=O)N2CCCCC2)C2CCCCC2)C1. The van der Waals surface area contributed by atoms with E-state index in [4.69, 9.17) is 5.73 Å². The van der Waals surface area contributed by atoms with E-state index in [1.54, 1.807) is 4.90 Å². The number of benzene rings is 1. The summed E-state index contributed by atoms with van der Waals surface area (Å²) in [6.07, 6.45) is 7.93. The van der Waals surface area contributed by atoms with Crippen molar-refractivity contribution >= 4 is 62.6 Å². The van der Waals surface area contributed by atoms with Crippen molar-refractivity contribution in [3.05, 3.63) is 34.7 Å². The molecule has 0 unspecified atom stereocenters. The van der Waals surface area contributed by atoms with Gasteiger partial charge in [-0.3, -0.25) is 33.6 Å². The number of rotatable bonds is 13. The van der Waals surface area contributed by atoms with Crippen LogP contribution in [0.5, 0.6) is 0 Å². The second-order valence-electron chi connectivity index (χ2n) is 16.7. The molecule has 0 radical (unpaired) electrons. The predicted molar refractivity (Wildman–Crippen MR) is 214 cm³/mol. The number of piperidine rings is 1. The third kappa shape index (κ3) is 10.2. The van der Waals surface area contributed by atoms with Gasteiger partial charge in [-0.2, -0.15) is 0 Å². The van der Waals surface area contributed by atoms with E-state index < -0.39 is 59.6 Å². The van der Waals surface area contributed by atoms with Gasteiger partial charge in [-0.15, -0.1) is 11.3 Å². The Balaban J connectivity index is 1.21. The number of fused-ring (bicyclic) bond motifs is 2. The lowest BCUT2D eigenvalue weighted by atomic mass is 9.76. The molecular formula is C42H56F2N6O7S. The molecule has 6 amide bonds. The van der Waals surface area contributed by atoms with Gasteiger partial charge in [0.25, 0.3) is 11.8 Å². The second-order valence-corrected chi connectivity index (χ2v) is 17.7. The Kier molecular flexibility index (Phi) is 13.8. The minimum Gasteiger partial charge on any atom is -0.370 e. The summed E-state index contributed by atoms with van der Waals surface area (Å²) in [5, 5.41) is 6.09. The number of likely N-dealkylation sites (tertiary alicyclic amines) is 1. The van der Waals surface area contributed by atoms with Crippen LogP contribution in [0.25, 0.3) is 10.1 Å². The number of Topliss-reactive ketones (excluding diaryl/α,β-unsaturated/α-hetero) is 1. The minimum absolute atomic E-state index is 0.0317. The van der Waals surface area contributed by atoms with E-state index in [1.165, 1.54) is 36.1 Å². The summed E-state index contributed by atoms with van der Waals surface area (Å²) in [4.78, 5) is 100. The Morgan fingerprint density at radius 2 is 1.62 bits per heavy atom. The third-order valence-electron chi connectivity index (χ3n) is 12.5. The quantitative estimate of drug-likeness (QED) is 0.263. The van der Waals surface area contributed by atoms with Gasteiger partial charge in [-0.25, -0.2) is 8.78 Å². The molecule has 13 nitrogen and oxygen atoms in total. The van der Waals surface area contributed by atoms with Gasteiger partial charge in [-0.05, 0) is 87.3 Å². The highest BCUT2D eigenvalue weighted by Crippen LogP contribution is 2.36. The Morgan fingerprint density at radius 3 is 2.29 bits per heavy atom. The third-order valence-corrected chi connectivity index (χ3v) is 13.6. The molecule has 3 saturated heterocycles. The van der Waals surface area contributed by atoms with E-state index in [0.29, 0.717) is 29.6 Å². The highest BCUT2D eigenvalue weighted by Gasteiger charge is 2.46. The molecule has 1 aromatic carbocycles. The molecule has 4 heterocycles. The van der Waals surface area contributed by atoms with E-state index in [-0.39, 0.29) is 79.1 Å². The number of hydrogen-bond donors (Lipinski definition) is 3. The summed E-state index contributed by atoms with van der Waals surface area (Å²) in [6, 6.07) is 1.80. The van der Waals surface area contributed by atoms with Gasteiger partial charge < -0.3 is 31.1 Å². The fraction of sp³-hybridized carbons (Fsp3) is 0.643. The summed E-state index contributed by atoms with van der Waals surface area (Å²) < 4.78 is 28.7. The largest absolute Gasteiger partial charge is 0.370 e. The highest BCUT2D eigenvalue weighted by molar-refractivity contribution is 7.20. The van der Waals surface area contributed by atoms with Gasteiger partial charge in [0, 0.05) is 69.0 Å². The summed E-state index contributed by atoms with van der Waals surface area (Å²) in [5.74, 6) is -6.57. The summed E-state index contributed by atoms with van der Waals surface area (Å²) in [5.41, 5.74) is 5.31. The normalized spacial score (nSPS) is 23.1. The maximum Gasteiger partial charge on any atom is 0.270 e. The molecule has 4 aliphatic rings. The number of hydrogen-bond acceptors (Lipinski definition) is 8. The van der Waals surface area contributed by atoms with Crippen LogP contribution in [0.15, 0.2) is 24.3 Å². The standard InChI is InChI=1S/C42H56F2N6O7S/c1-25(51)49-20-17-32(47-39(55)36-22-27-21-28(42(2,43)44)11-15-35(27)58-36)41(57)50-29(24-49)12-14-33(50)38(54)46-31(13-16-37(45)53)34(52)23-30(26-9-5-3-6-10-26)40(56)48-18-7-4-8-19-48/h11,15,21-22,26,29-33H,3-10,12-14,16-20,23-24H2,1-2H3,(H2,45,53)(H,46,54)(H,47,55)/t29-,30+,31+,32+,33+/m1/s1. The fourth-order valence-electron chi connectivity index (χ4n) is 9.23. The number of carbonyl (C=O) groups excluding carboxylic acids is 7. The molecule has 5 atom stereocenters. The number of thiophene rings is 1. The Labute approximate surface area is 341 Å². The molecule has 2 aromatic rings. The minimum atomic E-state index is -3.07. The van der Waals surface area contributed by atoms with Gasteiger partial charge in [0.1, 0.15) is 12.1 Å².